The number of hydrogen-bond acceptors (Lipinski definition) is 5. The summed E-state index contributed by atoms with van der Waals surface area (Å²) in [6.45, 7) is 8.28. The van der Waals surface area contributed by atoms with Gasteiger partial charge in [0.1, 0.15) is 23.9 Å². The minimum atomic E-state index is -1.13. The molecule has 1 aromatic heterocycles. The Morgan fingerprint density at radius 3 is 2.70 bits per heavy atom. The molecular weight excluding hydrogens is 418 g/mol. The Balaban J connectivity index is 1.28. The van der Waals surface area contributed by atoms with Gasteiger partial charge in [-0.05, 0) is 57.1 Å². The van der Waals surface area contributed by atoms with Crippen molar-refractivity contribution in [3.05, 3.63) is 35.5 Å². The average Bonchev–Trinajstić information content (AvgIpc) is 3.62. The van der Waals surface area contributed by atoms with Crippen LogP contribution in [0.15, 0.2) is 24.3 Å². The Bertz CT molecular complexity index is 1220. The van der Waals surface area contributed by atoms with Crippen LogP contribution in [0, 0.1) is 11.3 Å². The lowest BCUT2D eigenvalue weighted by Crippen LogP contribution is -2.72. The summed E-state index contributed by atoms with van der Waals surface area (Å²) in [5.41, 5.74) is 1.66. The van der Waals surface area contributed by atoms with Gasteiger partial charge in [-0.1, -0.05) is 32.0 Å². The van der Waals surface area contributed by atoms with Crippen molar-refractivity contribution in [2.75, 3.05) is 0 Å². The smallest absolute Gasteiger partial charge is 0.155 e. The molecule has 4 heterocycles. The minimum Gasteiger partial charge on any atom is -0.388 e. The number of ether oxygens (including phenoxy) is 3. The van der Waals surface area contributed by atoms with Gasteiger partial charge < -0.3 is 29.4 Å². The maximum absolute atomic E-state index is 11.2. The second-order valence-corrected chi connectivity index (χ2v) is 12.6. The van der Waals surface area contributed by atoms with Crippen LogP contribution in [-0.2, 0) is 26.0 Å². The zero-order chi connectivity index (χ0) is 22.8. The van der Waals surface area contributed by atoms with Crippen molar-refractivity contribution in [3.8, 4) is 0 Å². The molecule has 1 aromatic carbocycles. The quantitative estimate of drug-likeness (QED) is 0.580. The summed E-state index contributed by atoms with van der Waals surface area (Å²) in [4.78, 5) is 3.83. The van der Waals surface area contributed by atoms with Gasteiger partial charge in [0.25, 0.3) is 0 Å². The molecular formula is C27H33NO5. The van der Waals surface area contributed by atoms with Gasteiger partial charge in [0, 0.05) is 27.4 Å². The molecule has 0 bridgehead atoms. The standard InChI is InChI=1S/C27H33NO5/c1-23(2,30)21-19(29)22-26(33-22)17(31-21)9-10-24(3)25(4)13(12-18-27(24,26)32-18)11-15-14-7-5-6-8-16(14)28-20(15)25/h5-8,13,17-19,21-22,28-30H,9-12H2,1-4H3/t13-,17+,18+,19-,21+,22-,24-,25-,26+,27+/m1/s1. The fourth-order valence-corrected chi connectivity index (χ4v) is 9.41. The predicted octanol–water partition coefficient (Wildman–Crippen LogP) is 2.98. The third-order valence-corrected chi connectivity index (χ3v) is 11.1. The molecule has 3 aliphatic heterocycles. The Labute approximate surface area is 193 Å². The summed E-state index contributed by atoms with van der Waals surface area (Å²) >= 11 is 0. The van der Waals surface area contributed by atoms with Gasteiger partial charge in [0.15, 0.2) is 5.60 Å². The molecule has 2 spiro atoms. The van der Waals surface area contributed by atoms with Crippen molar-refractivity contribution in [1.29, 1.82) is 0 Å². The lowest BCUT2D eigenvalue weighted by atomic mass is 9.42. The number of fused-ring (bicyclic) bond motifs is 6. The number of epoxide rings is 2. The Kier molecular flexibility index (Phi) is 3.22. The number of para-hydroxylation sites is 1. The highest BCUT2D eigenvalue weighted by atomic mass is 16.7. The molecule has 3 saturated heterocycles. The molecule has 176 valence electrons. The SMILES string of the molecule is CC(C)(O)[C@H]1O[C@H]2CC[C@@]3(C)[C@]4(O[C@H]4C[C@H]4Cc5c([nH]c6ccccc56)[C@@]43C)[C@]23O[C@@H]3[C@@H]1O. The highest BCUT2D eigenvalue weighted by molar-refractivity contribution is 5.86. The normalized spacial score (nSPS) is 53.4. The van der Waals surface area contributed by atoms with E-state index in [0.29, 0.717) is 5.92 Å². The first-order valence-corrected chi connectivity index (χ1v) is 12.6. The van der Waals surface area contributed by atoms with Crippen LogP contribution in [0.25, 0.3) is 10.9 Å². The summed E-state index contributed by atoms with van der Waals surface area (Å²) < 4.78 is 19.7. The van der Waals surface area contributed by atoms with E-state index in [1.54, 1.807) is 13.8 Å². The van der Waals surface area contributed by atoms with Crippen LogP contribution in [0.4, 0.5) is 0 Å². The summed E-state index contributed by atoms with van der Waals surface area (Å²) in [5.74, 6) is 0.526. The maximum atomic E-state index is 11.2. The van der Waals surface area contributed by atoms with E-state index in [1.807, 2.05) is 0 Å². The van der Waals surface area contributed by atoms with Gasteiger partial charge in [0.05, 0.1) is 17.8 Å². The Morgan fingerprint density at radius 1 is 1.12 bits per heavy atom. The molecule has 6 nitrogen and oxygen atoms in total. The number of aliphatic hydroxyl groups is 2. The molecule has 2 aromatic rings. The Morgan fingerprint density at radius 2 is 1.91 bits per heavy atom. The number of nitrogens with one attached hydrogen (secondary N) is 1. The molecule has 8 rings (SSSR count). The summed E-state index contributed by atoms with van der Waals surface area (Å²) in [6, 6.07) is 8.67. The van der Waals surface area contributed by atoms with E-state index < -0.39 is 29.0 Å². The van der Waals surface area contributed by atoms with Crippen molar-refractivity contribution >= 4 is 10.9 Å². The highest BCUT2D eigenvalue weighted by Gasteiger charge is 2.95. The first-order chi connectivity index (χ1) is 15.6. The van der Waals surface area contributed by atoms with Gasteiger partial charge in [-0.2, -0.15) is 0 Å². The lowest BCUT2D eigenvalue weighted by molar-refractivity contribution is -0.224. The van der Waals surface area contributed by atoms with Gasteiger partial charge >= 0.3 is 0 Å². The molecule has 0 amide bonds. The van der Waals surface area contributed by atoms with Crippen LogP contribution in [0.1, 0.15) is 58.2 Å². The molecule has 6 heteroatoms. The van der Waals surface area contributed by atoms with Crippen LogP contribution in [0.5, 0.6) is 0 Å². The zero-order valence-corrected chi connectivity index (χ0v) is 19.7. The molecule has 2 saturated carbocycles. The monoisotopic (exact) mass is 451 g/mol. The van der Waals surface area contributed by atoms with Gasteiger partial charge in [-0.25, -0.2) is 0 Å². The van der Waals surface area contributed by atoms with Crippen molar-refractivity contribution in [2.24, 2.45) is 11.3 Å². The van der Waals surface area contributed by atoms with E-state index in [9.17, 15) is 10.2 Å². The highest BCUT2D eigenvalue weighted by Crippen LogP contribution is 2.81. The lowest BCUT2D eigenvalue weighted by Gasteiger charge is -2.60. The van der Waals surface area contributed by atoms with Crippen molar-refractivity contribution in [1.82, 2.24) is 4.98 Å². The van der Waals surface area contributed by atoms with Crippen molar-refractivity contribution < 1.29 is 24.4 Å². The van der Waals surface area contributed by atoms with Crippen LogP contribution in [-0.4, -0.2) is 62.5 Å². The largest absolute Gasteiger partial charge is 0.388 e. The number of aromatic amines is 1. The summed E-state index contributed by atoms with van der Waals surface area (Å²) in [6.07, 6.45) is 2.04. The predicted molar refractivity (Wildman–Crippen MR) is 121 cm³/mol. The molecule has 33 heavy (non-hydrogen) atoms. The third kappa shape index (κ3) is 1.83. The molecule has 10 atom stereocenters. The topological polar surface area (TPSA) is 90.5 Å². The molecule has 6 aliphatic rings. The number of benzene rings is 1. The molecule has 3 aliphatic carbocycles. The molecule has 0 unspecified atom stereocenters. The van der Waals surface area contributed by atoms with E-state index in [-0.39, 0.29) is 29.1 Å². The first-order valence-electron chi connectivity index (χ1n) is 12.6. The summed E-state index contributed by atoms with van der Waals surface area (Å²) in [5, 5.41) is 23.2. The van der Waals surface area contributed by atoms with E-state index in [4.69, 9.17) is 14.2 Å². The fraction of sp³-hybridized carbons (Fsp3) is 0.704. The van der Waals surface area contributed by atoms with Gasteiger partial charge in [-0.3, -0.25) is 0 Å². The zero-order valence-electron chi connectivity index (χ0n) is 19.7. The number of hydrogen-bond donors (Lipinski definition) is 3. The Hall–Kier alpha value is -1.44. The number of H-pyrrole nitrogens is 1. The first kappa shape index (κ1) is 19.8. The fourth-order valence-electron chi connectivity index (χ4n) is 9.41. The van der Waals surface area contributed by atoms with E-state index in [0.717, 1.165) is 25.7 Å². The van der Waals surface area contributed by atoms with Crippen LogP contribution >= 0.6 is 0 Å². The van der Waals surface area contributed by atoms with E-state index in [1.165, 1.54) is 22.2 Å². The van der Waals surface area contributed by atoms with Crippen molar-refractivity contribution in [3.63, 3.8) is 0 Å². The van der Waals surface area contributed by atoms with Crippen LogP contribution < -0.4 is 0 Å². The van der Waals surface area contributed by atoms with Crippen LogP contribution in [0.2, 0.25) is 0 Å². The average molecular weight is 452 g/mol. The van der Waals surface area contributed by atoms with E-state index in [2.05, 4.69) is 43.1 Å². The maximum Gasteiger partial charge on any atom is 0.155 e. The molecule has 5 fully saturated rings. The number of aliphatic hydroxyl groups excluding tert-OH is 1. The minimum absolute atomic E-state index is 0.0668. The number of rotatable bonds is 1. The third-order valence-electron chi connectivity index (χ3n) is 11.1. The molecule has 3 N–H and O–H groups in total. The van der Waals surface area contributed by atoms with E-state index >= 15 is 0 Å². The number of aromatic nitrogens is 1. The van der Waals surface area contributed by atoms with Gasteiger partial charge in [-0.15, -0.1) is 0 Å². The van der Waals surface area contributed by atoms with Gasteiger partial charge in [0.2, 0.25) is 0 Å². The second-order valence-electron chi connectivity index (χ2n) is 12.6. The summed E-state index contributed by atoms with van der Waals surface area (Å²) in [7, 11) is 0. The van der Waals surface area contributed by atoms with Crippen LogP contribution in [0.3, 0.4) is 0 Å². The second kappa shape index (κ2) is 5.36. The molecule has 0 radical (unpaired) electrons. The van der Waals surface area contributed by atoms with Crippen molar-refractivity contribution in [2.45, 2.75) is 106 Å².